The Hall–Kier alpha value is -0.290. The van der Waals surface area contributed by atoms with Crippen LogP contribution in [0.2, 0.25) is 0 Å². The molecule has 0 bridgehead atoms. The highest BCUT2D eigenvalue weighted by Crippen LogP contribution is 2.45. The van der Waals surface area contributed by atoms with Crippen LogP contribution in [0, 0.1) is 0 Å². The highest BCUT2D eigenvalue weighted by Gasteiger charge is 2.60. The number of nitrogens with one attached hydrogen (secondary N) is 1. The molecule has 92 valence electrons. The van der Waals surface area contributed by atoms with Crippen molar-refractivity contribution < 1.29 is 13.2 Å². The van der Waals surface area contributed by atoms with Crippen molar-refractivity contribution in [3.05, 3.63) is 0 Å². The van der Waals surface area contributed by atoms with E-state index >= 15 is 0 Å². The van der Waals surface area contributed by atoms with Crippen LogP contribution in [0.3, 0.4) is 0 Å². The van der Waals surface area contributed by atoms with Crippen molar-refractivity contribution in [2.75, 3.05) is 11.6 Å². The van der Waals surface area contributed by atoms with Gasteiger partial charge in [-0.15, -0.1) is 11.6 Å². The first-order valence-corrected chi connectivity index (χ1v) is 7.78. The molecule has 1 aliphatic carbocycles. The Bertz CT molecular complexity index is 387. The smallest absolute Gasteiger partial charge is 0.235 e. The molecule has 1 atom stereocenters. The summed E-state index contributed by atoms with van der Waals surface area (Å²) in [7, 11) is -3.01. The van der Waals surface area contributed by atoms with Gasteiger partial charge in [0, 0.05) is 0 Å². The molecule has 4 nitrogen and oxygen atoms in total. The topological polar surface area (TPSA) is 63.2 Å². The number of carbonyl (C=O) groups is 1. The molecule has 16 heavy (non-hydrogen) atoms. The number of rotatable bonds is 2. The van der Waals surface area contributed by atoms with Crippen LogP contribution in [0.15, 0.2) is 0 Å². The monoisotopic (exact) mass is 265 g/mol. The van der Waals surface area contributed by atoms with Gasteiger partial charge in [-0.1, -0.05) is 19.3 Å². The maximum atomic E-state index is 11.9. The van der Waals surface area contributed by atoms with Gasteiger partial charge in [0.05, 0.1) is 16.5 Å². The second-order valence-corrected chi connectivity index (χ2v) is 7.30. The lowest BCUT2D eigenvalue weighted by Crippen LogP contribution is -2.70. The second kappa shape index (κ2) is 4.18. The standard InChI is InChI=1S/C10H16ClNO3S/c11-6-9(13)12-8-7-16(14,15)10(8)4-2-1-3-5-10/h8H,1-7H2,(H,12,13). The number of carbonyl (C=O) groups excluding carboxylic acids is 1. The van der Waals surface area contributed by atoms with Crippen LogP contribution in [-0.2, 0) is 14.6 Å². The average molecular weight is 266 g/mol. The maximum absolute atomic E-state index is 11.9. The molecule has 1 amide bonds. The largest absolute Gasteiger partial charge is 0.350 e. The molecule has 2 fully saturated rings. The summed E-state index contributed by atoms with van der Waals surface area (Å²) in [5, 5.41) is 2.73. The highest BCUT2D eigenvalue weighted by atomic mass is 35.5. The summed E-state index contributed by atoms with van der Waals surface area (Å²) in [6.45, 7) is 0. The van der Waals surface area contributed by atoms with E-state index in [1.165, 1.54) is 0 Å². The molecule has 1 saturated carbocycles. The van der Waals surface area contributed by atoms with Gasteiger partial charge < -0.3 is 5.32 Å². The third-order valence-corrected chi connectivity index (χ3v) is 6.74. The van der Waals surface area contributed by atoms with E-state index in [2.05, 4.69) is 5.32 Å². The number of hydrogen-bond donors (Lipinski definition) is 1. The molecular formula is C10H16ClNO3S. The summed E-state index contributed by atoms with van der Waals surface area (Å²) < 4.78 is 23.1. The molecule has 2 rings (SSSR count). The molecule has 1 aliphatic heterocycles. The molecule has 6 heteroatoms. The van der Waals surface area contributed by atoms with E-state index in [0.29, 0.717) is 12.8 Å². The fourth-order valence-electron chi connectivity index (χ4n) is 2.87. The Balaban J connectivity index is 2.14. The Labute approximate surface area is 101 Å². The van der Waals surface area contributed by atoms with Gasteiger partial charge in [-0.25, -0.2) is 8.42 Å². The summed E-state index contributed by atoms with van der Waals surface area (Å²) >= 11 is 5.41. The van der Waals surface area contributed by atoms with Crippen LogP contribution < -0.4 is 5.32 Å². The predicted molar refractivity (Wildman–Crippen MR) is 62.3 cm³/mol. The molecule has 1 unspecified atom stereocenters. The van der Waals surface area contributed by atoms with Crippen molar-refractivity contribution in [3.63, 3.8) is 0 Å². The van der Waals surface area contributed by atoms with Crippen LogP contribution in [-0.4, -0.2) is 36.7 Å². The number of halogens is 1. The lowest BCUT2D eigenvalue weighted by molar-refractivity contribution is -0.119. The van der Waals surface area contributed by atoms with E-state index in [-0.39, 0.29) is 23.6 Å². The van der Waals surface area contributed by atoms with E-state index in [0.717, 1.165) is 19.3 Å². The normalized spacial score (nSPS) is 30.7. The number of hydrogen-bond acceptors (Lipinski definition) is 3. The quantitative estimate of drug-likeness (QED) is 0.753. The lowest BCUT2D eigenvalue weighted by Gasteiger charge is -2.50. The van der Waals surface area contributed by atoms with E-state index in [1.807, 2.05) is 0 Å². The summed E-state index contributed by atoms with van der Waals surface area (Å²) in [5.74, 6) is -0.297. The predicted octanol–water partition coefficient (Wildman–Crippen LogP) is 0.841. The van der Waals surface area contributed by atoms with Crippen molar-refractivity contribution >= 4 is 27.3 Å². The second-order valence-electron chi connectivity index (χ2n) is 4.66. The van der Waals surface area contributed by atoms with Crippen LogP contribution in [0.1, 0.15) is 32.1 Å². The minimum absolute atomic E-state index is 0.0790. The van der Waals surface area contributed by atoms with Crippen LogP contribution in [0.25, 0.3) is 0 Å². The Morgan fingerprint density at radius 2 is 1.94 bits per heavy atom. The minimum Gasteiger partial charge on any atom is -0.350 e. The fraction of sp³-hybridized carbons (Fsp3) is 0.900. The zero-order valence-electron chi connectivity index (χ0n) is 9.04. The first-order valence-electron chi connectivity index (χ1n) is 5.59. The zero-order chi connectivity index (χ0) is 11.8. The fourth-order valence-corrected chi connectivity index (χ4v) is 5.31. The van der Waals surface area contributed by atoms with Gasteiger partial charge >= 0.3 is 0 Å². The SMILES string of the molecule is O=C(CCl)NC1CS(=O)(=O)C12CCCCC2. The van der Waals surface area contributed by atoms with Crippen molar-refractivity contribution in [1.82, 2.24) is 5.32 Å². The van der Waals surface area contributed by atoms with Gasteiger partial charge in [0.25, 0.3) is 0 Å². The molecule has 2 aliphatic rings. The first kappa shape index (κ1) is 12.2. The van der Waals surface area contributed by atoms with Gasteiger partial charge in [-0.3, -0.25) is 4.79 Å². The van der Waals surface area contributed by atoms with E-state index < -0.39 is 14.6 Å². The summed E-state index contributed by atoms with van der Waals surface area (Å²) in [4.78, 5) is 11.2. The van der Waals surface area contributed by atoms with Crippen LogP contribution in [0.5, 0.6) is 0 Å². The minimum atomic E-state index is -3.01. The van der Waals surface area contributed by atoms with Crippen molar-refractivity contribution in [2.45, 2.75) is 42.9 Å². The molecule has 0 aromatic heterocycles. The molecule has 1 saturated heterocycles. The number of sulfone groups is 1. The van der Waals surface area contributed by atoms with Gasteiger partial charge in [0.2, 0.25) is 5.91 Å². The molecule has 1 N–H and O–H groups in total. The molecule has 1 spiro atoms. The van der Waals surface area contributed by atoms with Crippen LogP contribution >= 0.6 is 11.6 Å². The molecule has 0 aromatic carbocycles. The zero-order valence-corrected chi connectivity index (χ0v) is 10.6. The van der Waals surface area contributed by atoms with Crippen molar-refractivity contribution in [2.24, 2.45) is 0 Å². The summed E-state index contributed by atoms with van der Waals surface area (Å²) in [6.07, 6.45) is 4.33. The van der Waals surface area contributed by atoms with Gasteiger partial charge in [0.15, 0.2) is 9.84 Å². The van der Waals surface area contributed by atoms with Gasteiger partial charge in [0.1, 0.15) is 5.88 Å². The maximum Gasteiger partial charge on any atom is 0.235 e. The van der Waals surface area contributed by atoms with E-state index in [1.54, 1.807) is 0 Å². The molecular weight excluding hydrogens is 250 g/mol. The third kappa shape index (κ3) is 1.74. The molecule has 1 heterocycles. The Morgan fingerprint density at radius 3 is 2.44 bits per heavy atom. The van der Waals surface area contributed by atoms with Gasteiger partial charge in [-0.2, -0.15) is 0 Å². The Kier molecular flexibility index (Phi) is 3.18. The lowest BCUT2D eigenvalue weighted by atomic mass is 9.82. The van der Waals surface area contributed by atoms with E-state index in [9.17, 15) is 13.2 Å². The number of amides is 1. The average Bonchev–Trinajstić information content (AvgIpc) is 2.29. The van der Waals surface area contributed by atoms with Crippen molar-refractivity contribution in [1.29, 1.82) is 0 Å². The summed E-state index contributed by atoms with van der Waals surface area (Å²) in [6, 6.07) is -0.218. The highest BCUT2D eigenvalue weighted by molar-refractivity contribution is 7.94. The summed E-state index contributed by atoms with van der Waals surface area (Å²) in [5.41, 5.74) is 0. The Morgan fingerprint density at radius 1 is 1.31 bits per heavy atom. The number of alkyl halides is 1. The molecule has 0 radical (unpaired) electrons. The molecule has 0 aromatic rings. The van der Waals surface area contributed by atoms with Crippen LogP contribution in [0.4, 0.5) is 0 Å². The van der Waals surface area contributed by atoms with Crippen molar-refractivity contribution in [3.8, 4) is 0 Å². The first-order chi connectivity index (χ1) is 7.52. The van der Waals surface area contributed by atoms with Gasteiger partial charge in [-0.05, 0) is 12.8 Å². The third-order valence-electron chi connectivity index (χ3n) is 3.80. The van der Waals surface area contributed by atoms with E-state index in [4.69, 9.17) is 11.6 Å².